The minimum absolute atomic E-state index is 0.113. The SMILES string of the molecule is CC(COC(=O)N1CCCC1=O)CC(C)(C)C. The lowest BCUT2D eigenvalue weighted by Crippen LogP contribution is -2.33. The molecule has 1 atom stereocenters. The quantitative estimate of drug-likeness (QED) is 0.763. The van der Waals surface area contributed by atoms with E-state index in [9.17, 15) is 9.59 Å². The minimum Gasteiger partial charge on any atom is -0.449 e. The van der Waals surface area contributed by atoms with E-state index in [1.807, 2.05) is 0 Å². The summed E-state index contributed by atoms with van der Waals surface area (Å²) >= 11 is 0. The molecule has 4 nitrogen and oxygen atoms in total. The van der Waals surface area contributed by atoms with Crippen LogP contribution in [0.1, 0.15) is 47.0 Å². The summed E-state index contributed by atoms with van der Waals surface area (Å²) in [6.45, 7) is 9.44. The molecule has 0 aromatic rings. The molecule has 1 rings (SSSR count). The first-order valence-corrected chi connectivity index (χ1v) is 6.27. The number of rotatable bonds is 3. The molecule has 4 heteroatoms. The first kappa shape index (κ1) is 14.0. The van der Waals surface area contributed by atoms with Crippen molar-refractivity contribution in [2.75, 3.05) is 13.2 Å². The van der Waals surface area contributed by atoms with E-state index in [-0.39, 0.29) is 11.3 Å². The second kappa shape index (κ2) is 5.52. The van der Waals surface area contributed by atoms with Crippen molar-refractivity contribution in [3.8, 4) is 0 Å². The van der Waals surface area contributed by atoms with Crippen LogP contribution in [0, 0.1) is 11.3 Å². The van der Waals surface area contributed by atoms with Gasteiger partial charge in [0.25, 0.3) is 0 Å². The van der Waals surface area contributed by atoms with Crippen LogP contribution in [0.25, 0.3) is 0 Å². The van der Waals surface area contributed by atoms with Crippen LogP contribution in [-0.4, -0.2) is 30.1 Å². The van der Waals surface area contributed by atoms with E-state index in [0.29, 0.717) is 25.5 Å². The first-order chi connectivity index (χ1) is 7.79. The second-order valence-electron chi connectivity index (χ2n) is 6.10. The second-order valence-corrected chi connectivity index (χ2v) is 6.10. The lowest BCUT2D eigenvalue weighted by molar-refractivity contribution is -0.126. The molecule has 0 N–H and O–H groups in total. The highest BCUT2D eigenvalue weighted by Gasteiger charge is 2.28. The molecule has 1 saturated heterocycles. The zero-order valence-electron chi connectivity index (χ0n) is 11.3. The molecule has 1 aliphatic heterocycles. The standard InChI is InChI=1S/C13H23NO3/c1-10(8-13(2,3)4)9-17-12(16)14-7-5-6-11(14)15/h10H,5-9H2,1-4H3. The smallest absolute Gasteiger partial charge is 0.416 e. The van der Waals surface area contributed by atoms with Crippen LogP contribution in [-0.2, 0) is 9.53 Å². The fraction of sp³-hybridized carbons (Fsp3) is 0.846. The molecular formula is C13H23NO3. The van der Waals surface area contributed by atoms with Gasteiger partial charge < -0.3 is 4.74 Å². The van der Waals surface area contributed by atoms with Crippen LogP contribution in [0.4, 0.5) is 4.79 Å². The van der Waals surface area contributed by atoms with Gasteiger partial charge >= 0.3 is 6.09 Å². The fourth-order valence-electron chi connectivity index (χ4n) is 2.24. The van der Waals surface area contributed by atoms with Gasteiger partial charge in [-0.2, -0.15) is 0 Å². The van der Waals surface area contributed by atoms with Gasteiger partial charge in [-0.25, -0.2) is 9.69 Å². The molecule has 1 heterocycles. The van der Waals surface area contributed by atoms with Crippen LogP contribution in [0.15, 0.2) is 0 Å². The van der Waals surface area contributed by atoms with Gasteiger partial charge in [-0.05, 0) is 24.2 Å². The van der Waals surface area contributed by atoms with Crippen LogP contribution in [0.5, 0.6) is 0 Å². The van der Waals surface area contributed by atoms with Crippen LogP contribution >= 0.6 is 0 Å². The molecule has 98 valence electrons. The third kappa shape index (κ3) is 4.75. The van der Waals surface area contributed by atoms with Crippen molar-refractivity contribution in [3.63, 3.8) is 0 Å². The summed E-state index contributed by atoms with van der Waals surface area (Å²) in [7, 11) is 0. The first-order valence-electron chi connectivity index (χ1n) is 6.27. The van der Waals surface area contributed by atoms with Crippen molar-refractivity contribution in [2.45, 2.75) is 47.0 Å². The summed E-state index contributed by atoms with van der Waals surface area (Å²) < 4.78 is 5.17. The molecule has 0 spiro atoms. The average molecular weight is 241 g/mol. The van der Waals surface area contributed by atoms with Crippen molar-refractivity contribution < 1.29 is 14.3 Å². The topological polar surface area (TPSA) is 46.6 Å². The Kier molecular flexibility index (Phi) is 4.54. The molecule has 0 bridgehead atoms. The van der Waals surface area contributed by atoms with E-state index < -0.39 is 6.09 Å². The Hall–Kier alpha value is -1.06. The van der Waals surface area contributed by atoms with Gasteiger partial charge in [0.15, 0.2) is 0 Å². The molecular weight excluding hydrogens is 218 g/mol. The Labute approximate surface area is 103 Å². The van der Waals surface area contributed by atoms with E-state index >= 15 is 0 Å². The van der Waals surface area contributed by atoms with Gasteiger partial charge in [-0.15, -0.1) is 0 Å². The van der Waals surface area contributed by atoms with Crippen molar-refractivity contribution >= 4 is 12.0 Å². The summed E-state index contributed by atoms with van der Waals surface area (Å²) in [4.78, 5) is 24.1. The van der Waals surface area contributed by atoms with E-state index in [1.54, 1.807) is 0 Å². The lowest BCUT2D eigenvalue weighted by Gasteiger charge is -2.23. The van der Waals surface area contributed by atoms with E-state index in [0.717, 1.165) is 12.8 Å². The highest BCUT2D eigenvalue weighted by Crippen LogP contribution is 2.24. The van der Waals surface area contributed by atoms with Crippen LogP contribution < -0.4 is 0 Å². The fourth-order valence-corrected chi connectivity index (χ4v) is 2.24. The van der Waals surface area contributed by atoms with E-state index in [2.05, 4.69) is 27.7 Å². The molecule has 0 aromatic carbocycles. The van der Waals surface area contributed by atoms with Gasteiger partial charge in [0.1, 0.15) is 0 Å². The number of ether oxygens (including phenoxy) is 1. The number of hydrogen-bond acceptors (Lipinski definition) is 3. The summed E-state index contributed by atoms with van der Waals surface area (Å²) in [5, 5.41) is 0. The summed E-state index contributed by atoms with van der Waals surface area (Å²) in [6, 6.07) is 0. The predicted molar refractivity (Wildman–Crippen MR) is 65.5 cm³/mol. The minimum atomic E-state index is -0.478. The van der Waals surface area contributed by atoms with Crippen molar-refractivity contribution in [1.29, 1.82) is 0 Å². The molecule has 2 amide bonds. The molecule has 1 aliphatic rings. The highest BCUT2D eigenvalue weighted by molar-refractivity contribution is 5.93. The monoisotopic (exact) mass is 241 g/mol. The van der Waals surface area contributed by atoms with E-state index in [1.165, 1.54) is 4.90 Å². The summed E-state index contributed by atoms with van der Waals surface area (Å²) in [6.07, 6.45) is 1.74. The van der Waals surface area contributed by atoms with Crippen LogP contribution in [0.3, 0.4) is 0 Å². The van der Waals surface area contributed by atoms with Crippen molar-refractivity contribution in [2.24, 2.45) is 11.3 Å². The van der Waals surface area contributed by atoms with Gasteiger partial charge in [0, 0.05) is 13.0 Å². The number of likely N-dealkylation sites (tertiary alicyclic amines) is 1. The third-order valence-electron chi connectivity index (χ3n) is 2.75. The zero-order valence-corrected chi connectivity index (χ0v) is 11.3. The molecule has 1 unspecified atom stereocenters. The Morgan fingerprint density at radius 3 is 2.59 bits per heavy atom. The summed E-state index contributed by atoms with van der Waals surface area (Å²) in [5.74, 6) is 0.204. The van der Waals surface area contributed by atoms with Gasteiger partial charge in [-0.3, -0.25) is 4.79 Å². The molecule has 17 heavy (non-hydrogen) atoms. The highest BCUT2D eigenvalue weighted by atomic mass is 16.6. The number of hydrogen-bond donors (Lipinski definition) is 0. The molecule has 0 radical (unpaired) electrons. The number of nitrogens with zero attached hydrogens (tertiary/aromatic N) is 1. The maximum absolute atomic E-state index is 11.6. The Balaban J connectivity index is 2.30. The lowest BCUT2D eigenvalue weighted by atomic mass is 9.86. The van der Waals surface area contributed by atoms with Gasteiger partial charge in [-0.1, -0.05) is 27.7 Å². The number of carbonyl (C=O) groups is 2. The molecule has 0 saturated carbocycles. The van der Waals surface area contributed by atoms with Gasteiger partial charge in [0.2, 0.25) is 5.91 Å². The van der Waals surface area contributed by atoms with Crippen molar-refractivity contribution in [3.05, 3.63) is 0 Å². The number of amides is 2. The average Bonchev–Trinajstić information content (AvgIpc) is 2.58. The maximum Gasteiger partial charge on any atom is 0.416 e. The van der Waals surface area contributed by atoms with Crippen LogP contribution in [0.2, 0.25) is 0 Å². The van der Waals surface area contributed by atoms with E-state index in [4.69, 9.17) is 4.74 Å². The normalized spacial score (nSPS) is 18.4. The third-order valence-corrected chi connectivity index (χ3v) is 2.75. The van der Waals surface area contributed by atoms with Gasteiger partial charge in [0.05, 0.1) is 6.61 Å². The zero-order chi connectivity index (χ0) is 13.1. The van der Waals surface area contributed by atoms with Crippen molar-refractivity contribution in [1.82, 2.24) is 4.90 Å². The molecule has 1 fully saturated rings. The predicted octanol–water partition coefficient (Wildman–Crippen LogP) is 2.82. The summed E-state index contributed by atoms with van der Waals surface area (Å²) in [5.41, 5.74) is 0.231. The Morgan fingerprint density at radius 1 is 1.47 bits per heavy atom. The molecule has 0 aliphatic carbocycles. The number of imide groups is 1. The molecule has 0 aromatic heterocycles. The Bertz CT molecular complexity index is 294. The Morgan fingerprint density at radius 2 is 2.12 bits per heavy atom. The largest absolute Gasteiger partial charge is 0.449 e. The number of carbonyl (C=O) groups excluding carboxylic acids is 2. The maximum atomic E-state index is 11.6.